The maximum Gasteiger partial charge on any atom is 0.230 e. The van der Waals surface area contributed by atoms with Gasteiger partial charge in [-0.2, -0.15) is 0 Å². The van der Waals surface area contributed by atoms with Gasteiger partial charge >= 0.3 is 0 Å². The summed E-state index contributed by atoms with van der Waals surface area (Å²) >= 11 is 4.56. The van der Waals surface area contributed by atoms with Gasteiger partial charge in [-0.05, 0) is 0 Å². The van der Waals surface area contributed by atoms with Gasteiger partial charge < -0.3 is 15.2 Å². The fourth-order valence-electron chi connectivity index (χ4n) is 0.370. The zero-order valence-corrected chi connectivity index (χ0v) is 4.90. The average Bonchev–Trinajstić information content (AvgIpc) is 2.12. The van der Waals surface area contributed by atoms with Crippen molar-refractivity contribution in [3.8, 4) is 0 Å². The van der Waals surface area contributed by atoms with Crippen molar-refractivity contribution < 1.29 is 9.47 Å². The standard InChI is InChI=1S/C4H5NO2S/c5-4(8)3-1-6-2-7-3/h1H,2H2,(H2,5,8). The summed E-state index contributed by atoms with van der Waals surface area (Å²) in [5, 5.41) is 0. The van der Waals surface area contributed by atoms with Crippen LogP contribution in [0.25, 0.3) is 0 Å². The highest BCUT2D eigenvalue weighted by Gasteiger charge is 2.07. The third-order valence-corrected chi connectivity index (χ3v) is 0.917. The molecule has 0 radical (unpaired) electrons. The highest BCUT2D eigenvalue weighted by molar-refractivity contribution is 7.80. The monoisotopic (exact) mass is 131 g/mol. The summed E-state index contributed by atoms with van der Waals surface area (Å²) in [6.07, 6.45) is 1.41. The molecule has 0 bridgehead atoms. The minimum absolute atomic E-state index is 0.229. The predicted molar refractivity (Wildman–Crippen MR) is 31.9 cm³/mol. The molecule has 2 N–H and O–H groups in total. The van der Waals surface area contributed by atoms with Crippen molar-refractivity contribution in [3.63, 3.8) is 0 Å². The van der Waals surface area contributed by atoms with Gasteiger partial charge in [0.1, 0.15) is 11.3 Å². The number of ether oxygens (including phenoxy) is 2. The van der Waals surface area contributed by atoms with Crippen LogP contribution in [-0.4, -0.2) is 11.8 Å². The number of hydrogen-bond acceptors (Lipinski definition) is 3. The fraction of sp³-hybridized carbons (Fsp3) is 0.250. The topological polar surface area (TPSA) is 44.5 Å². The summed E-state index contributed by atoms with van der Waals surface area (Å²) < 4.78 is 9.45. The van der Waals surface area contributed by atoms with Gasteiger partial charge in [0.05, 0.1) is 0 Å². The molecule has 0 saturated heterocycles. The Morgan fingerprint density at radius 3 is 2.88 bits per heavy atom. The Morgan fingerprint density at radius 1 is 1.88 bits per heavy atom. The number of nitrogens with two attached hydrogens (primary N) is 1. The van der Waals surface area contributed by atoms with Crippen LogP contribution < -0.4 is 5.73 Å². The quantitative estimate of drug-likeness (QED) is 0.513. The molecular weight excluding hydrogens is 126 g/mol. The number of rotatable bonds is 1. The van der Waals surface area contributed by atoms with E-state index in [1.54, 1.807) is 0 Å². The summed E-state index contributed by atoms with van der Waals surface area (Å²) in [6, 6.07) is 0. The van der Waals surface area contributed by atoms with E-state index in [4.69, 9.17) is 10.5 Å². The molecule has 0 spiro atoms. The zero-order valence-electron chi connectivity index (χ0n) is 4.09. The van der Waals surface area contributed by atoms with E-state index >= 15 is 0 Å². The predicted octanol–water partition coefficient (Wildman–Crippen LogP) is 0.118. The molecular formula is C4H5NO2S. The van der Waals surface area contributed by atoms with E-state index in [1.165, 1.54) is 6.26 Å². The Morgan fingerprint density at radius 2 is 2.62 bits per heavy atom. The Labute approximate surface area is 52.1 Å². The zero-order chi connectivity index (χ0) is 5.98. The molecule has 0 unspecified atom stereocenters. The van der Waals surface area contributed by atoms with Crippen molar-refractivity contribution in [2.24, 2.45) is 5.73 Å². The molecule has 0 aliphatic carbocycles. The molecule has 0 amide bonds. The molecule has 0 atom stereocenters. The minimum Gasteiger partial charge on any atom is -0.461 e. The smallest absolute Gasteiger partial charge is 0.230 e. The van der Waals surface area contributed by atoms with Crippen molar-refractivity contribution in [1.82, 2.24) is 0 Å². The van der Waals surface area contributed by atoms with E-state index in [-0.39, 0.29) is 11.8 Å². The lowest BCUT2D eigenvalue weighted by atomic mass is 10.6. The van der Waals surface area contributed by atoms with Crippen molar-refractivity contribution in [1.29, 1.82) is 0 Å². The molecule has 1 aliphatic heterocycles. The van der Waals surface area contributed by atoms with Crippen molar-refractivity contribution >= 4 is 17.2 Å². The first-order valence-corrected chi connectivity index (χ1v) is 2.46. The lowest BCUT2D eigenvalue weighted by molar-refractivity contribution is 0.0866. The van der Waals surface area contributed by atoms with E-state index in [2.05, 4.69) is 17.0 Å². The second-order valence-electron chi connectivity index (χ2n) is 1.28. The first kappa shape index (κ1) is 5.37. The summed E-state index contributed by atoms with van der Waals surface area (Å²) in [7, 11) is 0. The first-order chi connectivity index (χ1) is 3.80. The Kier molecular flexibility index (Phi) is 1.34. The van der Waals surface area contributed by atoms with Crippen molar-refractivity contribution in [3.05, 3.63) is 12.0 Å². The van der Waals surface area contributed by atoms with Crippen LogP contribution in [0.5, 0.6) is 0 Å². The maximum atomic E-state index is 5.16. The van der Waals surface area contributed by atoms with Crippen LogP contribution in [0.3, 0.4) is 0 Å². The molecule has 0 fully saturated rings. The van der Waals surface area contributed by atoms with E-state index in [9.17, 15) is 0 Å². The summed E-state index contributed by atoms with van der Waals surface area (Å²) in [4.78, 5) is 0.238. The summed E-state index contributed by atoms with van der Waals surface area (Å²) in [5.41, 5.74) is 5.16. The van der Waals surface area contributed by atoms with Crippen LogP contribution in [0.15, 0.2) is 12.0 Å². The Balaban J connectivity index is 2.57. The van der Waals surface area contributed by atoms with E-state index in [0.717, 1.165) is 0 Å². The van der Waals surface area contributed by atoms with E-state index in [0.29, 0.717) is 5.76 Å². The lowest BCUT2D eigenvalue weighted by Gasteiger charge is -1.93. The lowest BCUT2D eigenvalue weighted by Crippen LogP contribution is -2.11. The van der Waals surface area contributed by atoms with Crippen LogP contribution in [0.4, 0.5) is 0 Å². The second-order valence-corrected chi connectivity index (χ2v) is 1.72. The molecule has 3 nitrogen and oxygen atoms in total. The van der Waals surface area contributed by atoms with Crippen molar-refractivity contribution in [2.75, 3.05) is 6.79 Å². The molecule has 0 aromatic rings. The van der Waals surface area contributed by atoms with E-state index < -0.39 is 0 Å². The van der Waals surface area contributed by atoms with Gasteiger partial charge in [-0.1, -0.05) is 12.2 Å². The van der Waals surface area contributed by atoms with Gasteiger partial charge in [0.15, 0.2) is 5.76 Å². The van der Waals surface area contributed by atoms with Gasteiger partial charge in [0.2, 0.25) is 6.79 Å². The molecule has 44 valence electrons. The molecule has 8 heavy (non-hydrogen) atoms. The fourth-order valence-corrected chi connectivity index (χ4v) is 0.477. The average molecular weight is 131 g/mol. The maximum absolute atomic E-state index is 5.16. The second kappa shape index (κ2) is 2.00. The van der Waals surface area contributed by atoms with Gasteiger partial charge in [-0.25, -0.2) is 0 Å². The summed E-state index contributed by atoms with van der Waals surface area (Å²) in [5.74, 6) is 0.458. The van der Waals surface area contributed by atoms with Crippen LogP contribution in [-0.2, 0) is 9.47 Å². The van der Waals surface area contributed by atoms with E-state index in [1.807, 2.05) is 0 Å². The largest absolute Gasteiger partial charge is 0.461 e. The van der Waals surface area contributed by atoms with Crippen LogP contribution >= 0.6 is 12.2 Å². The molecule has 0 aromatic carbocycles. The van der Waals surface area contributed by atoms with Crippen LogP contribution in [0.2, 0.25) is 0 Å². The summed E-state index contributed by atoms with van der Waals surface area (Å²) in [6.45, 7) is 0.229. The highest BCUT2D eigenvalue weighted by Crippen LogP contribution is 2.04. The molecule has 1 aliphatic rings. The minimum atomic E-state index is 0.229. The highest BCUT2D eigenvalue weighted by atomic mass is 32.1. The Bertz CT molecular complexity index is 143. The number of hydrogen-bond donors (Lipinski definition) is 1. The SMILES string of the molecule is NC(=S)C1=COCO1. The third kappa shape index (κ3) is 0.894. The molecule has 4 heteroatoms. The third-order valence-electron chi connectivity index (χ3n) is 0.716. The van der Waals surface area contributed by atoms with Gasteiger partial charge in [0.25, 0.3) is 0 Å². The Hall–Kier alpha value is -0.770. The molecule has 0 saturated carbocycles. The normalized spacial score (nSPS) is 16.2. The van der Waals surface area contributed by atoms with Gasteiger partial charge in [-0.15, -0.1) is 0 Å². The number of thiocarbonyl (C=S) groups is 1. The molecule has 0 aromatic heterocycles. The first-order valence-electron chi connectivity index (χ1n) is 2.05. The molecule has 1 rings (SSSR count). The van der Waals surface area contributed by atoms with Gasteiger partial charge in [0, 0.05) is 0 Å². The van der Waals surface area contributed by atoms with Crippen LogP contribution in [0, 0.1) is 0 Å². The van der Waals surface area contributed by atoms with Crippen molar-refractivity contribution in [2.45, 2.75) is 0 Å². The molecule has 1 heterocycles. The van der Waals surface area contributed by atoms with Crippen LogP contribution in [0.1, 0.15) is 0 Å². The van der Waals surface area contributed by atoms with Gasteiger partial charge in [-0.3, -0.25) is 0 Å².